The zero-order valence-corrected chi connectivity index (χ0v) is 16.4. The summed E-state index contributed by atoms with van der Waals surface area (Å²) in [4.78, 5) is 5.03. The minimum absolute atomic E-state index is 0.369. The van der Waals surface area contributed by atoms with Gasteiger partial charge in [0, 0.05) is 11.3 Å². The van der Waals surface area contributed by atoms with Crippen molar-refractivity contribution in [3.63, 3.8) is 0 Å². The van der Waals surface area contributed by atoms with Gasteiger partial charge in [-0.25, -0.2) is 4.98 Å². The van der Waals surface area contributed by atoms with Gasteiger partial charge in [-0.2, -0.15) is 5.26 Å². The molecule has 1 aromatic heterocycles. The maximum atomic E-state index is 9.24. The number of fused-ring (bicyclic) bond motifs is 1. The molecule has 0 spiro atoms. The molecule has 0 bridgehead atoms. The summed E-state index contributed by atoms with van der Waals surface area (Å²) in [7, 11) is 0. The van der Waals surface area contributed by atoms with Gasteiger partial charge in [-0.1, -0.05) is 72.8 Å². The molecule has 0 saturated heterocycles. The molecule has 3 nitrogen and oxygen atoms in total. The van der Waals surface area contributed by atoms with Gasteiger partial charge in [0.15, 0.2) is 0 Å². The van der Waals surface area contributed by atoms with Gasteiger partial charge in [0.1, 0.15) is 5.82 Å². The number of rotatable bonds is 4. The van der Waals surface area contributed by atoms with Crippen LogP contribution in [-0.4, -0.2) is 9.55 Å². The Labute approximate surface area is 175 Å². The highest BCUT2D eigenvalue weighted by molar-refractivity contribution is 5.88. The molecular formula is C27H19N3. The maximum Gasteiger partial charge on any atom is 0.146 e. The third-order valence-corrected chi connectivity index (χ3v) is 5.27. The summed E-state index contributed by atoms with van der Waals surface area (Å²) in [5, 5.41) is 9.24. The van der Waals surface area contributed by atoms with Gasteiger partial charge in [0.25, 0.3) is 0 Å². The van der Waals surface area contributed by atoms with E-state index in [1.54, 1.807) is 0 Å². The van der Waals surface area contributed by atoms with E-state index in [0.717, 1.165) is 44.8 Å². The smallest absolute Gasteiger partial charge is 0.146 e. The number of hydrogen-bond donors (Lipinski definition) is 0. The second-order valence-corrected chi connectivity index (χ2v) is 7.18. The van der Waals surface area contributed by atoms with Crippen LogP contribution in [0.4, 0.5) is 0 Å². The number of nitrogens with zero attached hydrogens (tertiary/aromatic N) is 3. The van der Waals surface area contributed by atoms with Crippen LogP contribution in [0.1, 0.15) is 5.56 Å². The molecule has 0 radical (unpaired) electrons. The van der Waals surface area contributed by atoms with Crippen LogP contribution in [0.2, 0.25) is 0 Å². The molecule has 0 amide bonds. The first-order valence-electron chi connectivity index (χ1n) is 9.94. The number of aromatic nitrogens is 2. The lowest BCUT2D eigenvalue weighted by Crippen LogP contribution is -1.99. The standard InChI is InChI=1S/C27H19N3/c28-18-17-20-15-16-23(21-9-3-1-4-10-21)24(19-20)27-29-25-13-7-8-14-26(25)30(27)22-11-5-2-6-12-22/h1-16,19H,17H2. The second-order valence-electron chi connectivity index (χ2n) is 7.18. The van der Waals surface area contributed by atoms with Crippen molar-refractivity contribution < 1.29 is 0 Å². The van der Waals surface area contributed by atoms with Crippen molar-refractivity contribution in [2.75, 3.05) is 0 Å². The number of nitriles is 1. The molecule has 3 heteroatoms. The van der Waals surface area contributed by atoms with Gasteiger partial charge in [0.05, 0.1) is 23.5 Å². The van der Waals surface area contributed by atoms with Crippen molar-refractivity contribution in [3.05, 3.63) is 109 Å². The number of imidazole rings is 1. The fraction of sp³-hybridized carbons (Fsp3) is 0.0370. The fourth-order valence-electron chi connectivity index (χ4n) is 3.89. The van der Waals surface area contributed by atoms with Gasteiger partial charge in [-0.3, -0.25) is 4.57 Å². The monoisotopic (exact) mass is 385 g/mol. The molecule has 0 fully saturated rings. The quantitative estimate of drug-likeness (QED) is 0.358. The minimum atomic E-state index is 0.369. The van der Waals surface area contributed by atoms with Crippen LogP contribution in [0.5, 0.6) is 0 Å². The molecule has 0 unspecified atom stereocenters. The summed E-state index contributed by atoms with van der Waals surface area (Å²) in [6.45, 7) is 0. The Morgan fingerprint density at radius 2 is 1.43 bits per heavy atom. The first-order chi connectivity index (χ1) is 14.8. The van der Waals surface area contributed by atoms with Crippen molar-refractivity contribution in [1.29, 1.82) is 5.26 Å². The third kappa shape index (κ3) is 3.15. The highest BCUT2D eigenvalue weighted by Crippen LogP contribution is 2.36. The zero-order chi connectivity index (χ0) is 20.3. The number of para-hydroxylation sites is 3. The molecule has 4 aromatic carbocycles. The van der Waals surface area contributed by atoms with Gasteiger partial charge < -0.3 is 0 Å². The normalized spacial score (nSPS) is 10.8. The molecule has 142 valence electrons. The number of hydrogen-bond acceptors (Lipinski definition) is 2. The first-order valence-corrected chi connectivity index (χ1v) is 9.94. The number of benzene rings is 4. The lowest BCUT2D eigenvalue weighted by Gasteiger charge is -2.14. The summed E-state index contributed by atoms with van der Waals surface area (Å²) in [5.41, 5.74) is 7.30. The lowest BCUT2D eigenvalue weighted by molar-refractivity contribution is 1.10. The molecule has 0 saturated carbocycles. The predicted octanol–water partition coefficient (Wildman–Crippen LogP) is 6.43. The molecule has 0 aliphatic carbocycles. The van der Waals surface area contributed by atoms with E-state index < -0.39 is 0 Å². The molecule has 0 aliphatic rings. The van der Waals surface area contributed by atoms with Crippen LogP contribution in [0, 0.1) is 11.3 Å². The van der Waals surface area contributed by atoms with Gasteiger partial charge >= 0.3 is 0 Å². The van der Waals surface area contributed by atoms with E-state index in [1.807, 2.05) is 60.7 Å². The van der Waals surface area contributed by atoms with E-state index >= 15 is 0 Å². The highest BCUT2D eigenvalue weighted by atomic mass is 15.1. The molecular weight excluding hydrogens is 366 g/mol. The van der Waals surface area contributed by atoms with Crippen molar-refractivity contribution in [2.24, 2.45) is 0 Å². The second kappa shape index (κ2) is 7.69. The van der Waals surface area contributed by atoms with E-state index in [-0.39, 0.29) is 0 Å². The van der Waals surface area contributed by atoms with E-state index in [0.29, 0.717) is 6.42 Å². The molecule has 0 N–H and O–H groups in total. The summed E-state index contributed by atoms with van der Waals surface area (Å²) in [5.74, 6) is 0.876. The summed E-state index contributed by atoms with van der Waals surface area (Å²) < 4.78 is 2.20. The lowest BCUT2D eigenvalue weighted by atomic mass is 9.96. The van der Waals surface area contributed by atoms with Crippen molar-refractivity contribution in [3.8, 4) is 34.3 Å². The predicted molar refractivity (Wildman–Crippen MR) is 121 cm³/mol. The SMILES string of the molecule is N#CCc1ccc(-c2ccccc2)c(-c2nc3ccccc3n2-c2ccccc2)c1. The van der Waals surface area contributed by atoms with Crippen LogP contribution in [-0.2, 0) is 6.42 Å². The Morgan fingerprint density at radius 3 is 2.20 bits per heavy atom. The summed E-state index contributed by atoms with van der Waals surface area (Å²) in [6.07, 6.45) is 0.369. The van der Waals surface area contributed by atoms with Gasteiger partial charge in [-0.15, -0.1) is 0 Å². The Hall–Kier alpha value is -4.16. The van der Waals surface area contributed by atoms with Crippen molar-refractivity contribution >= 4 is 11.0 Å². The van der Waals surface area contributed by atoms with Crippen LogP contribution in [0.25, 0.3) is 39.2 Å². The zero-order valence-electron chi connectivity index (χ0n) is 16.4. The van der Waals surface area contributed by atoms with Gasteiger partial charge in [0.2, 0.25) is 0 Å². The molecule has 0 aliphatic heterocycles. The van der Waals surface area contributed by atoms with E-state index in [4.69, 9.17) is 4.98 Å². The van der Waals surface area contributed by atoms with Crippen LogP contribution in [0.3, 0.4) is 0 Å². The van der Waals surface area contributed by atoms with Crippen LogP contribution in [0.15, 0.2) is 103 Å². The van der Waals surface area contributed by atoms with Crippen molar-refractivity contribution in [1.82, 2.24) is 9.55 Å². The first kappa shape index (κ1) is 17.9. The average Bonchev–Trinajstić information content (AvgIpc) is 3.20. The largest absolute Gasteiger partial charge is 0.292 e. The van der Waals surface area contributed by atoms with Crippen LogP contribution >= 0.6 is 0 Å². The van der Waals surface area contributed by atoms with Crippen LogP contribution < -0.4 is 0 Å². The Balaban J connectivity index is 1.84. The Kier molecular flexibility index (Phi) is 4.59. The molecule has 0 atom stereocenters. The van der Waals surface area contributed by atoms with Crippen molar-refractivity contribution in [2.45, 2.75) is 6.42 Å². The fourth-order valence-corrected chi connectivity index (χ4v) is 3.89. The van der Waals surface area contributed by atoms with Gasteiger partial charge in [-0.05, 0) is 47.0 Å². The topological polar surface area (TPSA) is 41.6 Å². The molecule has 30 heavy (non-hydrogen) atoms. The van der Waals surface area contributed by atoms with E-state index in [2.05, 4.69) is 53.1 Å². The molecule has 5 rings (SSSR count). The maximum absolute atomic E-state index is 9.24. The highest BCUT2D eigenvalue weighted by Gasteiger charge is 2.18. The Morgan fingerprint density at radius 1 is 0.733 bits per heavy atom. The van der Waals surface area contributed by atoms with E-state index in [1.165, 1.54) is 0 Å². The van der Waals surface area contributed by atoms with E-state index in [9.17, 15) is 5.26 Å². The Bertz CT molecular complexity index is 1360. The average molecular weight is 385 g/mol. The summed E-state index contributed by atoms with van der Waals surface area (Å²) >= 11 is 0. The minimum Gasteiger partial charge on any atom is -0.292 e. The molecule has 5 aromatic rings. The molecule has 1 heterocycles. The summed E-state index contributed by atoms with van der Waals surface area (Å²) in [6, 6.07) is 37.3. The third-order valence-electron chi connectivity index (χ3n) is 5.27.